The van der Waals surface area contributed by atoms with Gasteiger partial charge in [0.1, 0.15) is 29.1 Å². The summed E-state index contributed by atoms with van der Waals surface area (Å²) in [5, 5.41) is 33.9. The Balaban J connectivity index is 0.583. The van der Waals surface area contributed by atoms with Gasteiger partial charge < -0.3 is 55.0 Å². The Hall–Kier alpha value is -8.58. The van der Waals surface area contributed by atoms with Crippen LogP contribution < -0.4 is 35.2 Å². The summed E-state index contributed by atoms with van der Waals surface area (Å²) in [4.78, 5) is 93.5. The number of hydrogen-bond acceptors (Lipinski definition) is 21. The standard InChI is InChI=1S/C78H99ClN14O12S2/c1-51(53-9-11-55(12-10-53)70-52(2)82-50-106-70)83-74(97)67-45-60(94)49-92(67)76(98)71(77(3,4)5)84-69(95)23-39-103-41-42-104-40-37-88-31-29-87(30-32-88)28-26-80-64-20-18-61(46-66(64)93(99)100)107(101,102)86-73(96)62-19-17-59(44-65(62)91-27-8-38-105-75-68(91)43-56-22-25-81-72(56)85-75)90-35-33-89(34-36-90)48-57-21-24-78(6,7)47-63(57)54-13-15-58(79)16-14-54/h9-20,22,25,43-44,46,50-51,60,67,71,80,94H,8,21,23-24,26-42,45,47-49H2,1-7H3,(H,81,85)(H,83,97)(H,84,95)(H,86,96)/t51-,60+,67-,71+/m0/s1. The fourth-order valence-electron chi connectivity index (χ4n) is 14.8. The molecule has 1 aliphatic carbocycles. The van der Waals surface area contributed by atoms with Crippen molar-refractivity contribution in [3.63, 3.8) is 0 Å². The molecule has 572 valence electrons. The molecule has 0 unspecified atom stereocenters. The van der Waals surface area contributed by atoms with Crippen LogP contribution >= 0.6 is 22.9 Å². The van der Waals surface area contributed by atoms with E-state index in [1.807, 2.05) is 106 Å². The van der Waals surface area contributed by atoms with Gasteiger partial charge in [0.25, 0.3) is 21.6 Å². The summed E-state index contributed by atoms with van der Waals surface area (Å²) >= 11 is 7.88. The van der Waals surface area contributed by atoms with Gasteiger partial charge in [-0.25, -0.2) is 18.1 Å². The number of aliphatic hydroxyl groups excluding tert-OH is 1. The Labute approximate surface area is 634 Å². The fraction of sp³-hybridized carbons (Fsp3) is 0.487. The van der Waals surface area contributed by atoms with Crippen LogP contribution in [0.4, 0.5) is 28.4 Å². The van der Waals surface area contributed by atoms with E-state index in [4.69, 9.17) is 30.8 Å². The average molecular weight is 1520 g/mol. The van der Waals surface area contributed by atoms with E-state index in [1.165, 1.54) is 33.7 Å². The highest BCUT2D eigenvalue weighted by Crippen LogP contribution is 2.45. The number of rotatable bonds is 28. The number of aromatic nitrogens is 3. The van der Waals surface area contributed by atoms with Gasteiger partial charge in [0.15, 0.2) is 0 Å². The summed E-state index contributed by atoms with van der Waals surface area (Å²) < 4.78 is 48.6. The van der Waals surface area contributed by atoms with Crippen LogP contribution in [0.3, 0.4) is 0 Å². The van der Waals surface area contributed by atoms with Crippen molar-refractivity contribution >= 4 is 102 Å². The second-order valence-corrected chi connectivity index (χ2v) is 33.3. The van der Waals surface area contributed by atoms with Crippen molar-refractivity contribution in [2.45, 2.75) is 116 Å². The molecule has 4 amide bonds. The Bertz CT molecular complexity index is 4470. The minimum atomic E-state index is -4.67. The van der Waals surface area contributed by atoms with E-state index in [0.29, 0.717) is 75.3 Å². The van der Waals surface area contributed by atoms with Gasteiger partial charge in [-0.05, 0) is 127 Å². The summed E-state index contributed by atoms with van der Waals surface area (Å²) in [5.41, 5.74) is 10.6. The number of thiazole rings is 1. The minimum Gasteiger partial charge on any atom is -0.476 e. The third kappa shape index (κ3) is 19.5. The monoisotopic (exact) mass is 1520 g/mol. The number of piperazine rings is 2. The van der Waals surface area contributed by atoms with E-state index in [-0.39, 0.29) is 67.1 Å². The zero-order chi connectivity index (χ0) is 75.7. The topological polar surface area (TPSA) is 303 Å². The summed E-state index contributed by atoms with van der Waals surface area (Å²) in [6.45, 7) is 24.4. The van der Waals surface area contributed by atoms with Crippen molar-refractivity contribution in [2.24, 2.45) is 10.8 Å². The van der Waals surface area contributed by atoms with Gasteiger partial charge >= 0.3 is 0 Å². The SMILES string of the molecule is Cc1ncsc1-c1ccc([C@H](C)NC(=O)[C@@H]2C[C@@H](O)CN2C(=O)[C@@H](NC(=O)CCOCCOCCN2CCN(CCNc3ccc(S(=O)(=O)NC(=O)c4ccc(N5CCN(CC6=C(c7ccc(Cl)cc7)CC(C)(C)CC6)CC5)cc4N4CCCOc5nc6[nH]ccc6cc54)cc3[N+](=O)[O-])CC2)C(C)(C)C)cc1. The molecule has 7 heterocycles. The number of pyridine rings is 1. The number of hydrogen-bond donors (Lipinski definition) is 6. The molecular weight excluding hydrogens is 1420 g/mol. The van der Waals surface area contributed by atoms with Crippen LogP contribution in [-0.2, 0) is 33.9 Å². The predicted octanol–water partition coefficient (Wildman–Crippen LogP) is 10.2. The number of carbonyl (C=O) groups is 4. The molecule has 4 aliphatic heterocycles. The second kappa shape index (κ2) is 34.3. The van der Waals surface area contributed by atoms with Crippen molar-refractivity contribution in [2.75, 3.05) is 140 Å². The van der Waals surface area contributed by atoms with Gasteiger partial charge in [-0.15, -0.1) is 11.3 Å². The first-order chi connectivity index (χ1) is 51.2. The summed E-state index contributed by atoms with van der Waals surface area (Å²) in [5.74, 6) is -1.75. The van der Waals surface area contributed by atoms with Gasteiger partial charge in [0, 0.05) is 133 Å². The van der Waals surface area contributed by atoms with Crippen LogP contribution in [0.5, 0.6) is 5.88 Å². The quantitative estimate of drug-likeness (QED) is 0.0151. The molecule has 3 saturated heterocycles. The van der Waals surface area contributed by atoms with Crippen LogP contribution in [0, 0.1) is 27.9 Å². The molecule has 0 spiro atoms. The zero-order valence-corrected chi connectivity index (χ0v) is 64.4. The first-order valence-corrected chi connectivity index (χ1v) is 39.7. The van der Waals surface area contributed by atoms with Crippen molar-refractivity contribution < 1.29 is 51.8 Å². The van der Waals surface area contributed by atoms with Crippen molar-refractivity contribution in [1.82, 2.24) is 49.9 Å². The molecule has 7 aromatic rings. The molecule has 26 nitrogen and oxygen atoms in total. The molecule has 4 aromatic carbocycles. The van der Waals surface area contributed by atoms with E-state index in [0.717, 1.165) is 122 Å². The number of β-amino-alcohol motifs (C(OH)–C–C–N with tert-alkyl or cyclic N) is 1. The number of nitro benzene ring substituents is 1. The first kappa shape index (κ1) is 78.0. The third-order valence-corrected chi connectivity index (χ3v) is 23.5. The molecule has 0 saturated carbocycles. The molecule has 5 aliphatic rings. The number of H-pyrrole nitrogens is 1. The number of amides is 4. The van der Waals surface area contributed by atoms with Crippen LogP contribution in [-0.4, -0.2) is 219 Å². The van der Waals surface area contributed by atoms with Crippen LogP contribution in [0.2, 0.25) is 5.02 Å². The van der Waals surface area contributed by atoms with Gasteiger partial charge in [-0.2, -0.15) is 4.98 Å². The number of sulfonamides is 1. The van der Waals surface area contributed by atoms with Gasteiger partial charge in [-0.1, -0.05) is 88.2 Å². The maximum absolute atomic E-state index is 14.7. The van der Waals surface area contributed by atoms with Crippen molar-refractivity contribution in [3.05, 3.63) is 152 Å². The summed E-state index contributed by atoms with van der Waals surface area (Å²) in [6, 6.07) is 26.7. The molecule has 29 heteroatoms. The maximum Gasteiger partial charge on any atom is 0.293 e. The number of aliphatic hydroxyl groups is 1. The highest BCUT2D eigenvalue weighted by Gasteiger charge is 2.45. The lowest BCUT2D eigenvalue weighted by atomic mass is 9.72. The molecule has 3 fully saturated rings. The number of aromatic amines is 1. The van der Waals surface area contributed by atoms with E-state index in [2.05, 4.69) is 76.2 Å². The minimum absolute atomic E-state index is 0.00486. The van der Waals surface area contributed by atoms with Crippen molar-refractivity contribution in [1.29, 1.82) is 0 Å². The third-order valence-electron chi connectivity index (χ3n) is 21.0. The average Bonchev–Trinajstić information content (AvgIpc) is 1.76. The van der Waals surface area contributed by atoms with Crippen LogP contribution in [0.1, 0.15) is 113 Å². The Kier molecular flexibility index (Phi) is 25.0. The largest absolute Gasteiger partial charge is 0.476 e. The van der Waals surface area contributed by atoms with Crippen molar-refractivity contribution in [3.8, 4) is 16.3 Å². The lowest BCUT2D eigenvalue weighted by Gasteiger charge is -2.39. The molecule has 3 aromatic heterocycles. The number of nitrogens with one attached hydrogen (secondary N) is 5. The zero-order valence-electron chi connectivity index (χ0n) is 62.0. The number of nitro groups is 1. The first-order valence-electron chi connectivity index (χ1n) is 37.0. The smallest absolute Gasteiger partial charge is 0.293 e. The number of anilines is 4. The van der Waals surface area contributed by atoms with E-state index in [9.17, 15) is 42.8 Å². The predicted molar refractivity (Wildman–Crippen MR) is 416 cm³/mol. The number of carbonyl (C=O) groups excluding carboxylic acids is 4. The highest BCUT2D eigenvalue weighted by atomic mass is 35.5. The second-order valence-electron chi connectivity index (χ2n) is 30.3. The molecule has 12 rings (SSSR count). The van der Waals surface area contributed by atoms with Gasteiger partial charge in [0.2, 0.25) is 23.6 Å². The fourth-order valence-corrected chi connectivity index (χ4v) is 16.7. The summed E-state index contributed by atoms with van der Waals surface area (Å²) in [6.07, 6.45) is 4.68. The Morgan fingerprint density at radius 2 is 1.56 bits per heavy atom. The molecule has 4 atom stereocenters. The number of halogens is 1. The number of ether oxygens (including phenoxy) is 3. The number of nitrogens with zero attached hydrogens (tertiary/aromatic N) is 9. The van der Waals surface area contributed by atoms with E-state index in [1.54, 1.807) is 23.6 Å². The van der Waals surface area contributed by atoms with Crippen LogP contribution in [0.25, 0.3) is 27.0 Å². The number of likely N-dealkylation sites (tertiary alicyclic amines) is 1. The molecule has 0 bridgehead atoms. The molecular formula is C78H99ClN14O12S2. The number of fused-ring (bicyclic) bond motifs is 2. The Morgan fingerprint density at radius 3 is 2.27 bits per heavy atom. The van der Waals surface area contributed by atoms with Crippen LogP contribution in [0.15, 0.2) is 119 Å². The summed E-state index contributed by atoms with van der Waals surface area (Å²) in [7, 11) is -4.67. The number of benzene rings is 4. The maximum atomic E-state index is 14.7. The van der Waals surface area contributed by atoms with Gasteiger partial charge in [0.05, 0.1) is 82.3 Å². The number of allylic oxidation sites excluding steroid dienone is 1. The lowest BCUT2D eigenvalue weighted by Crippen LogP contribution is -2.58. The molecule has 6 N–H and O–H groups in total. The van der Waals surface area contributed by atoms with E-state index < -0.39 is 60.9 Å². The van der Waals surface area contributed by atoms with Gasteiger partial charge in [-0.3, -0.25) is 44.0 Å². The normalized spacial score (nSPS) is 18.9. The lowest BCUT2D eigenvalue weighted by molar-refractivity contribution is -0.384. The number of aryl methyl sites for hydroxylation is 1. The highest BCUT2D eigenvalue weighted by molar-refractivity contribution is 7.90. The van der Waals surface area contributed by atoms with E-state index >= 15 is 0 Å². The molecule has 107 heavy (non-hydrogen) atoms. The molecule has 0 radical (unpaired) electrons. The Morgan fingerprint density at radius 1 is 0.850 bits per heavy atom.